The molecule has 0 aliphatic rings. The second-order valence-electron chi connectivity index (χ2n) is 3.85. The minimum Gasteiger partial charge on any atom is -0.481 e. The Morgan fingerprint density at radius 1 is 1.47 bits per heavy atom. The van der Waals surface area contributed by atoms with Crippen LogP contribution < -0.4 is 0 Å². The number of hydrogen-bond donors (Lipinski definition) is 1. The summed E-state index contributed by atoms with van der Waals surface area (Å²) in [6, 6.07) is 4.58. The highest BCUT2D eigenvalue weighted by atomic mass is 79.9. The highest BCUT2D eigenvalue weighted by molar-refractivity contribution is 9.10. The molecule has 8 heteroatoms. The number of rotatable bonds is 5. The first-order chi connectivity index (χ1) is 9.08. The van der Waals surface area contributed by atoms with Crippen molar-refractivity contribution in [2.75, 3.05) is 0 Å². The van der Waals surface area contributed by atoms with Gasteiger partial charge in [-0.3, -0.25) is 4.79 Å². The van der Waals surface area contributed by atoms with Crippen molar-refractivity contribution in [3.63, 3.8) is 0 Å². The molecule has 0 unspecified atom stereocenters. The molecule has 0 atom stereocenters. The van der Waals surface area contributed by atoms with Gasteiger partial charge in [0, 0.05) is 18.5 Å². The van der Waals surface area contributed by atoms with Crippen LogP contribution in [0.3, 0.4) is 0 Å². The Balaban J connectivity index is 2.18. The lowest BCUT2D eigenvalue weighted by Gasteiger charge is -2.04. The van der Waals surface area contributed by atoms with Gasteiger partial charge >= 0.3 is 5.97 Å². The second-order valence-corrected chi connectivity index (χ2v) is 4.71. The van der Waals surface area contributed by atoms with E-state index in [2.05, 4.69) is 31.5 Å². The summed E-state index contributed by atoms with van der Waals surface area (Å²) in [6.45, 7) is 0.367. The average molecular weight is 329 g/mol. The molecule has 0 saturated carbocycles. The van der Waals surface area contributed by atoms with Crippen molar-refractivity contribution in [3.8, 4) is 11.4 Å². The van der Waals surface area contributed by atoms with Gasteiger partial charge in [0.15, 0.2) is 5.82 Å². The number of aryl methyl sites for hydroxylation is 1. The molecule has 0 aliphatic heterocycles. The van der Waals surface area contributed by atoms with Crippen LogP contribution in [-0.2, 0) is 11.3 Å². The van der Waals surface area contributed by atoms with Gasteiger partial charge in [0.1, 0.15) is 5.82 Å². The molecule has 0 spiro atoms. The Morgan fingerprint density at radius 2 is 2.26 bits per heavy atom. The van der Waals surface area contributed by atoms with E-state index in [1.165, 1.54) is 10.7 Å². The maximum absolute atomic E-state index is 13.5. The molecule has 0 fully saturated rings. The summed E-state index contributed by atoms with van der Waals surface area (Å²) in [7, 11) is 0. The van der Waals surface area contributed by atoms with Crippen molar-refractivity contribution in [3.05, 3.63) is 28.5 Å². The first-order valence-corrected chi connectivity index (χ1v) is 6.30. The molecular formula is C11H10BrFN4O2. The number of tetrazole rings is 1. The molecule has 100 valence electrons. The van der Waals surface area contributed by atoms with Gasteiger partial charge in [-0.2, -0.15) is 0 Å². The lowest BCUT2D eigenvalue weighted by atomic mass is 10.2. The molecule has 0 bridgehead atoms. The third-order valence-electron chi connectivity index (χ3n) is 2.47. The van der Waals surface area contributed by atoms with Crippen molar-refractivity contribution >= 4 is 21.9 Å². The Kier molecular flexibility index (Phi) is 4.20. The summed E-state index contributed by atoms with van der Waals surface area (Å²) in [5, 5.41) is 19.7. The smallest absolute Gasteiger partial charge is 0.303 e. The summed E-state index contributed by atoms with van der Waals surface area (Å²) in [4.78, 5) is 10.4. The molecule has 19 heavy (non-hydrogen) atoms. The minimum atomic E-state index is -0.871. The number of carbonyl (C=O) groups is 1. The third-order valence-corrected chi connectivity index (χ3v) is 3.11. The van der Waals surface area contributed by atoms with Crippen LogP contribution in [0.25, 0.3) is 11.4 Å². The highest BCUT2D eigenvalue weighted by Gasteiger charge is 2.11. The fraction of sp³-hybridized carbons (Fsp3) is 0.273. The molecular weight excluding hydrogens is 319 g/mol. The lowest BCUT2D eigenvalue weighted by molar-refractivity contribution is -0.137. The standard InChI is InChI=1S/C11H10BrFN4O2/c12-8-4-3-7(6-9(8)13)11-14-15-16-17(11)5-1-2-10(18)19/h3-4,6H,1-2,5H2,(H,18,19). The van der Waals surface area contributed by atoms with Crippen LogP contribution in [0.5, 0.6) is 0 Å². The van der Waals surface area contributed by atoms with Crippen LogP contribution in [0, 0.1) is 5.82 Å². The minimum absolute atomic E-state index is 0.0357. The SMILES string of the molecule is O=C(O)CCCn1nnnc1-c1ccc(Br)c(F)c1. The van der Waals surface area contributed by atoms with Crippen LogP contribution in [0.4, 0.5) is 4.39 Å². The van der Waals surface area contributed by atoms with Crippen molar-refractivity contribution in [2.45, 2.75) is 19.4 Å². The summed E-state index contributed by atoms with van der Waals surface area (Å²) in [5.74, 6) is -0.862. The summed E-state index contributed by atoms with van der Waals surface area (Å²) in [6.07, 6.45) is 0.445. The molecule has 0 saturated heterocycles. The zero-order chi connectivity index (χ0) is 13.8. The Labute approximate surface area is 116 Å². The number of halogens is 2. The Hall–Kier alpha value is -1.83. The first kappa shape index (κ1) is 13.6. The van der Waals surface area contributed by atoms with Crippen LogP contribution in [0.1, 0.15) is 12.8 Å². The number of aromatic nitrogens is 4. The van der Waals surface area contributed by atoms with E-state index in [0.717, 1.165) is 0 Å². The number of hydrogen-bond acceptors (Lipinski definition) is 4. The number of aliphatic carboxylic acids is 1. The highest BCUT2D eigenvalue weighted by Crippen LogP contribution is 2.22. The average Bonchev–Trinajstić information content (AvgIpc) is 2.80. The Bertz CT molecular complexity index is 602. The van der Waals surface area contributed by atoms with Crippen LogP contribution in [0.2, 0.25) is 0 Å². The molecule has 0 aliphatic carbocycles. The topological polar surface area (TPSA) is 80.9 Å². The van der Waals surface area contributed by atoms with Crippen molar-refractivity contribution < 1.29 is 14.3 Å². The van der Waals surface area contributed by atoms with Crippen molar-refractivity contribution in [1.29, 1.82) is 0 Å². The molecule has 0 radical (unpaired) electrons. The molecule has 0 amide bonds. The van der Waals surface area contributed by atoms with E-state index in [9.17, 15) is 9.18 Å². The van der Waals surface area contributed by atoms with E-state index in [1.807, 2.05) is 0 Å². The predicted octanol–water partition coefficient (Wildman–Crippen LogP) is 2.11. The van der Waals surface area contributed by atoms with Gasteiger partial charge in [-0.1, -0.05) is 0 Å². The zero-order valence-electron chi connectivity index (χ0n) is 9.75. The van der Waals surface area contributed by atoms with E-state index >= 15 is 0 Å². The number of carboxylic acid groups (broad SMARTS) is 1. The van der Waals surface area contributed by atoms with Gasteiger partial charge in [0.25, 0.3) is 0 Å². The van der Waals surface area contributed by atoms with Crippen molar-refractivity contribution in [2.24, 2.45) is 0 Å². The third kappa shape index (κ3) is 3.34. The largest absolute Gasteiger partial charge is 0.481 e. The fourth-order valence-electron chi connectivity index (χ4n) is 1.58. The van der Waals surface area contributed by atoms with Gasteiger partial charge < -0.3 is 5.11 Å². The van der Waals surface area contributed by atoms with Gasteiger partial charge in [-0.05, 0) is 51.0 Å². The van der Waals surface area contributed by atoms with Crippen LogP contribution >= 0.6 is 15.9 Å². The maximum atomic E-state index is 13.5. The monoisotopic (exact) mass is 328 g/mol. The normalized spacial score (nSPS) is 10.6. The second kappa shape index (κ2) is 5.87. The summed E-state index contributed by atoms with van der Waals surface area (Å²) < 4.78 is 15.3. The molecule has 1 heterocycles. The van der Waals surface area contributed by atoms with Gasteiger partial charge in [0.2, 0.25) is 0 Å². The molecule has 1 aromatic carbocycles. The first-order valence-electron chi connectivity index (χ1n) is 5.51. The molecule has 2 aromatic rings. The molecule has 1 aromatic heterocycles. The molecule has 2 rings (SSSR count). The fourth-order valence-corrected chi connectivity index (χ4v) is 1.82. The van der Waals surface area contributed by atoms with E-state index < -0.39 is 11.8 Å². The summed E-state index contributed by atoms with van der Waals surface area (Å²) >= 11 is 3.07. The maximum Gasteiger partial charge on any atom is 0.303 e. The van der Waals surface area contributed by atoms with Crippen molar-refractivity contribution in [1.82, 2.24) is 20.2 Å². The molecule has 6 nitrogen and oxygen atoms in total. The van der Waals surface area contributed by atoms with Gasteiger partial charge in [-0.15, -0.1) is 5.10 Å². The predicted molar refractivity (Wildman–Crippen MR) is 67.8 cm³/mol. The van der Waals surface area contributed by atoms with Gasteiger partial charge in [0.05, 0.1) is 4.47 Å². The van der Waals surface area contributed by atoms with E-state index in [1.54, 1.807) is 12.1 Å². The number of carboxylic acids is 1. The van der Waals surface area contributed by atoms with Gasteiger partial charge in [-0.25, -0.2) is 9.07 Å². The molecule has 1 N–H and O–H groups in total. The van der Waals surface area contributed by atoms with E-state index in [-0.39, 0.29) is 6.42 Å². The quantitative estimate of drug-likeness (QED) is 0.909. The Morgan fingerprint density at radius 3 is 2.95 bits per heavy atom. The van der Waals surface area contributed by atoms with E-state index in [0.29, 0.717) is 28.8 Å². The van der Waals surface area contributed by atoms with Crippen LogP contribution in [-0.4, -0.2) is 31.3 Å². The van der Waals surface area contributed by atoms with Crippen LogP contribution in [0.15, 0.2) is 22.7 Å². The lowest BCUT2D eigenvalue weighted by Crippen LogP contribution is -2.05. The number of benzene rings is 1. The van der Waals surface area contributed by atoms with E-state index in [4.69, 9.17) is 5.11 Å². The number of nitrogens with zero attached hydrogens (tertiary/aromatic N) is 4. The zero-order valence-corrected chi connectivity index (χ0v) is 11.3. The summed E-state index contributed by atoms with van der Waals surface area (Å²) in [5.41, 5.74) is 0.543.